The molecule has 0 aliphatic carbocycles. The van der Waals surface area contributed by atoms with Gasteiger partial charge in [-0.15, -0.1) is 0 Å². The van der Waals surface area contributed by atoms with E-state index in [0.29, 0.717) is 0 Å². The Hall–Kier alpha value is -1.80. The lowest BCUT2D eigenvalue weighted by atomic mass is 10.0. The molecule has 0 aromatic heterocycles. The van der Waals surface area contributed by atoms with Crippen LogP contribution in [0.5, 0.6) is 0 Å². The number of benzene rings is 3. The summed E-state index contributed by atoms with van der Waals surface area (Å²) in [6, 6.07) is 18.8. The van der Waals surface area contributed by atoms with Crippen LogP contribution in [-0.4, -0.2) is 5.12 Å². The summed E-state index contributed by atoms with van der Waals surface area (Å²) in [6.45, 7) is 1.59. The van der Waals surface area contributed by atoms with E-state index < -0.39 is 0 Å². The van der Waals surface area contributed by atoms with Gasteiger partial charge in [0.1, 0.15) is 0 Å². The number of rotatable bonds is 1. The number of fused-ring (bicyclic) bond motifs is 3. The first-order valence-electron chi connectivity index (χ1n) is 5.84. The second kappa shape index (κ2) is 4.46. The van der Waals surface area contributed by atoms with Crippen molar-refractivity contribution in [1.29, 1.82) is 0 Å². The van der Waals surface area contributed by atoms with Crippen LogP contribution in [0.2, 0.25) is 0 Å². The molecule has 0 saturated heterocycles. The molecule has 18 heavy (non-hydrogen) atoms. The molecular formula is C16H12OS. The van der Waals surface area contributed by atoms with Crippen LogP contribution in [0.3, 0.4) is 0 Å². The highest BCUT2D eigenvalue weighted by Crippen LogP contribution is 2.29. The topological polar surface area (TPSA) is 17.1 Å². The summed E-state index contributed by atoms with van der Waals surface area (Å²) < 4.78 is 0. The van der Waals surface area contributed by atoms with Gasteiger partial charge < -0.3 is 0 Å². The maximum atomic E-state index is 11.1. The van der Waals surface area contributed by atoms with Crippen molar-refractivity contribution in [2.75, 3.05) is 0 Å². The van der Waals surface area contributed by atoms with Crippen molar-refractivity contribution in [2.45, 2.75) is 11.8 Å². The summed E-state index contributed by atoms with van der Waals surface area (Å²) in [5.41, 5.74) is 0. The third kappa shape index (κ3) is 2.00. The van der Waals surface area contributed by atoms with Gasteiger partial charge in [0.25, 0.3) is 0 Å². The summed E-state index contributed by atoms with van der Waals surface area (Å²) in [7, 11) is 0. The molecule has 0 heterocycles. The molecule has 3 aromatic rings. The SMILES string of the molecule is CC(=O)Sc1ccc2c(ccc3ccccc32)c1. The van der Waals surface area contributed by atoms with Crippen LogP contribution in [0.25, 0.3) is 21.5 Å². The van der Waals surface area contributed by atoms with Crippen molar-refractivity contribution in [3.05, 3.63) is 54.6 Å². The highest BCUT2D eigenvalue weighted by molar-refractivity contribution is 8.13. The van der Waals surface area contributed by atoms with E-state index in [-0.39, 0.29) is 5.12 Å². The lowest BCUT2D eigenvalue weighted by molar-refractivity contribution is -0.109. The zero-order chi connectivity index (χ0) is 12.5. The Balaban J connectivity index is 2.24. The third-order valence-corrected chi connectivity index (χ3v) is 3.76. The summed E-state index contributed by atoms with van der Waals surface area (Å²) >= 11 is 1.28. The van der Waals surface area contributed by atoms with Crippen molar-refractivity contribution in [3.8, 4) is 0 Å². The fourth-order valence-corrected chi connectivity index (χ4v) is 2.87. The summed E-state index contributed by atoms with van der Waals surface area (Å²) in [4.78, 5) is 12.1. The van der Waals surface area contributed by atoms with Crippen LogP contribution >= 0.6 is 11.8 Å². The molecule has 3 rings (SSSR count). The molecule has 0 N–H and O–H groups in total. The molecule has 0 fully saturated rings. The Labute approximate surface area is 110 Å². The predicted octanol–water partition coefficient (Wildman–Crippen LogP) is 4.63. The van der Waals surface area contributed by atoms with Crippen molar-refractivity contribution < 1.29 is 4.79 Å². The normalized spacial score (nSPS) is 10.9. The van der Waals surface area contributed by atoms with Gasteiger partial charge in [0.05, 0.1) is 0 Å². The molecule has 88 valence electrons. The number of carbonyl (C=O) groups excluding carboxylic acids is 1. The molecule has 1 nitrogen and oxygen atoms in total. The largest absolute Gasteiger partial charge is 0.287 e. The quantitative estimate of drug-likeness (QED) is 0.464. The smallest absolute Gasteiger partial charge is 0.190 e. The maximum Gasteiger partial charge on any atom is 0.190 e. The molecule has 0 unspecified atom stereocenters. The minimum Gasteiger partial charge on any atom is -0.287 e. The van der Waals surface area contributed by atoms with Crippen molar-refractivity contribution >= 4 is 38.4 Å². The monoisotopic (exact) mass is 252 g/mol. The summed E-state index contributed by atoms with van der Waals surface area (Å²) in [6.07, 6.45) is 0. The molecule has 0 atom stereocenters. The highest BCUT2D eigenvalue weighted by Gasteiger charge is 2.03. The lowest BCUT2D eigenvalue weighted by Crippen LogP contribution is -1.82. The number of hydrogen-bond acceptors (Lipinski definition) is 2. The zero-order valence-electron chi connectivity index (χ0n) is 10.0. The molecule has 0 saturated carbocycles. The standard InChI is InChI=1S/C16H12OS/c1-11(17)18-14-8-9-16-13(10-14)7-6-12-4-2-3-5-15(12)16/h2-10H,1H3. The van der Waals surface area contributed by atoms with Gasteiger partial charge in [-0.1, -0.05) is 54.2 Å². The van der Waals surface area contributed by atoms with E-state index in [1.54, 1.807) is 6.92 Å². The second-order valence-electron chi connectivity index (χ2n) is 4.26. The van der Waals surface area contributed by atoms with E-state index in [1.165, 1.54) is 33.3 Å². The molecule has 3 aromatic carbocycles. The number of thioether (sulfide) groups is 1. The molecule has 2 heteroatoms. The van der Waals surface area contributed by atoms with Gasteiger partial charge in [-0.25, -0.2) is 0 Å². The Kier molecular flexibility index (Phi) is 2.80. The minimum atomic E-state index is 0.120. The van der Waals surface area contributed by atoms with E-state index in [2.05, 4.69) is 42.5 Å². The van der Waals surface area contributed by atoms with Gasteiger partial charge in [0, 0.05) is 11.8 Å². The number of carbonyl (C=O) groups is 1. The van der Waals surface area contributed by atoms with E-state index in [9.17, 15) is 4.79 Å². The van der Waals surface area contributed by atoms with Gasteiger partial charge in [-0.2, -0.15) is 0 Å². The van der Waals surface area contributed by atoms with Gasteiger partial charge in [0.15, 0.2) is 5.12 Å². The van der Waals surface area contributed by atoms with E-state index in [0.717, 1.165) is 4.90 Å². The average molecular weight is 252 g/mol. The first kappa shape index (κ1) is 11.3. The van der Waals surface area contributed by atoms with Crippen molar-refractivity contribution in [3.63, 3.8) is 0 Å². The van der Waals surface area contributed by atoms with E-state index in [4.69, 9.17) is 0 Å². The Morgan fingerprint density at radius 3 is 2.44 bits per heavy atom. The van der Waals surface area contributed by atoms with Gasteiger partial charge in [-0.05, 0) is 33.7 Å². The van der Waals surface area contributed by atoms with Crippen molar-refractivity contribution in [1.82, 2.24) is 0 Å². The van der Waals surface area contributed by atoms with Gasteiger partial charge >= 0.3 is 0 Å². The molecule has 0 aliphatic heterocycles. The van der Waals surface area contributed by atoms with Crippen LogP contribution in [0.15, 0.2) is 59.5 Å². The molecule has 0 amide bonds. The van der Waals surface area contributed by atoms with E-state index in [1.807, 2.05) is 12.1 Å². The van der Waals surface area contributed by atoms with Crippen LogP contribution in [0, 0.1) is 0 Å². The predicted molar refractivity (Wildman–Crippen MR) is 78.0 cm³/mol. The third-order valence-electron chi connectivity index (χ3n) is 2.98. The number of hydrogen-bond donors (Lipinski definition) is 0. The first-order chi connectivity index (χ1) is 8.74. The van der Waals surface area contributed by atoms with Crippen LogP contribution in [-0.2, 0) is 4.79 Å². The van der Waals surface area contributed by atoms with Crippen molar-refractivity contribution in [2.24, 2.45) is 0 Å². The maximum absolute atomic E-state index is 11.1. The minimum absolute atomic E-state index is 0.120. The highest BCUT2D eigenvalue weighted by atomic mass is 32.2. The molecule has 0 spiro atoms. The van der Waals surface area contributed by atoms with Crippen LogP contribution in [0.1, 0.15) is 6.92 Å². The average Bonchev–Trinajstić information content (AvgIpc) is 2.37. The Morgan fingerprint density at radius 2 is 1.61 bits per heavy atom. The molecular weight excluding hydrogens is 240 g/mol. The van der Waals surface area contributed by atoms with Gasteiger partial charge in [0.2, 0.25) is 0 Å². The van der Waals surface area contributed by atoms with Crippen LogP contribution in [0.4, 0.5) is 0 Å². The molecule has 0 aliphatic rings. The fraction of sp³-hybridized carbons (Fsp3) is 0.0625. The summed E-state index contributed by atoms with van der Waals surface area (Å²) in [5.74, 6) is 0. The first-order valence-corrected chi connectivity index (χ1v) is 6.65. The fourth-order valence-electron chi connectivity index (χ4n) is 2.22. The second-order valence-corrected chi connectivity index (χ2v) is 5.51. The lowest BCUT2D eigenvalue weighted by Gasteiger charge is -2.05. The Bertz CT molecular complexity index is 746. The molecule has 0 radical (unpaired) electrons. The summed E-state index contributed by atoms with van der Waals surface area (Å²) in [5, 5.41) is 5.04. The van der Waals surface area contributed by atoms with Crippen LogP contribution < -0.4 is 0 Å². The zero-order valence-corrected chi connectivity index (χ0v) is 10.8. The van der Waals surface area contributed by atoms with Gasteiger partial charge in [-0.3, -0.25) is 4.79 Å². The van der Waals surface area contributed by atoms with E-state index >= 15 is 0 Å². The molecule has 0 bridgehead atoms. The Morgan fingerprint density at radius 1 is 0.889 bits per heavy atom.